The van der Waals surface area contributed by atoms with Crippen molar-refractivity contribution in [2.45, 2.75) is 46.5 Å². The zero-order chi connectivity index (χ0) is 13.9. The van der Waals surface area contributed by atoms with Gasteiger partial charge in [0.1, 0.15) is 0 Å². The molecule has 0 aliphatic heterocycles. The van der Waals surface area contributed by atoms with Gasteiger partial charge in [-0.2, -0.15) is 0 Å². The Balaban J connectivity index is 1.75. The van der Waals surface area contributed by atoms with Crippen molar-refractivity contribution in [3.8, 4) is 0 Å². The molecule has 0 bridgehead atoms. The van der Waals surface area contributed by atoms with E-state index in [0.29, 0.717) is 5.41 Å². The Kier molecular flexibility index (Phi) is 4.78. The molecule has 1 aromatic rings. The minimum atomic E-state index is 0.481. The van der Waals surface area contributed by atoms with Crippen LogP contribution in [0.2, 0.25) is 5.02 Å². The van der Waals surface area contributed by atoms with Crippen LogP contribution in [0, 0.1) is 17.3 Å². The van der Waals surface area contributed by atoms with Gasteiger partial charge in [0.05, 0.1) is 0 Å². The maximum atomic E-state index is 5.89. The van der Waals surface area contributed by atoms with E-state index in [1.165, 1.54) is 31.4 Å². The highest BCUT2D eigenvalue weighted by atomic mass is 35.5. The Bertz CT molecular complexity index is 383. The Hall–Kier alpha value is -0.690. The molecule has 1 saturated carbocycles. The molecule has 1 aromatic carbocycles. The Labute approximate surface area is 122 Å². The van der Waals surface area contributed by atoms with Gasteiger partial charge < -0.3 is 5.32 Å². The van der Waals surface area contributed by atoms with Crippen LogP contribution in [0.25, 0.3) is 0 Å². The molecule has 0 spiro atoms. The van der Waals surface area contributed by atoms with E-state index in [-0.39, 0.29) is 0 Å². The summed E-state index contributed by atoms with van der Waals surface area (Å²) in [5.41, 5.74) is 1.66. The summed E-state index contributed by atoms with van der Waals surface area (Å²) in [4.78, 5) is 0. The quantitative estimate of drug-likeness (QED) is 0.759. The lowest BCUT2D eigenvalue weighted by atomic mass is 9.70. The van der Waals surface area contributed by atoms with E-state index >= 15 is 0 Å². The highest BCUT2D eigenvalue weighted by molar-refractivity contribution is 6.30. The third-order valence-corrected chi connectivity index (χ3v) is 4.76. The first kappa shape index (κ1) is 14.7. The van der Waals surface area contributed by atoms with Gasteiger partial charge in [0.15, 0.2) is 0 Å². The SMILES string of the molecule is CC(C)(C)C1CCC(CNc2ccc(Cl)cc2)CC1. The van der Waals surface area contributed by atoms with Gasteiger partial charge in [-0.25, -0.2) is 0 Å². The summed E-state index contributed by atoms with van der Waals surface area (Å²) >= 11 is 5.89. The Morgan fingerprint density at radius 3 is 2.16 bits per heavy atom. The van der Waals surface area contributed by atoms with Gasteiger partial charge in [-0.15, -0.1) is 0 Å². The van der Waals surface area contributed by atoms with Crippen molar-refractivity contribution in [1.29, 1.82) is 0 Å². The summed E-state index contributed by atoms with van der Waals surface area (Å²) in [5, 5.41) is 4.34. The summed E-state index contributed by atoms with van der Waals surface area (Å²) in [6.07, 6.45) is 5.50. The number of halogens is 1. The smallest absolute Gasteiger partial charge is 0.0407 e. The Morgan fingerprint density at radius 2 is 1.63 bits per heavy atom. The van der Waals surface area contributed by atoms with Crippen molar-refractivity contribution in [3.05, 3.63) is 29.3 Å². The summed E-state index contributed by atoms with van der Waals surface area (Å²) in [5.74, 6) is 1.73. The van der Waals surface area contributed by atoms with E-state index in [9.17, 15) is 0 Å². The van der Waals surface area contributed by atoms with Crippen molar-refractivity contribution in [3.63, 3.8) is 0 Å². The average Bonchev–Trinajstić information content (AvgIpc) is 2.37. The first-order valence-electron chi connectivity index (χ1n) is 7.44. The van der Waals surface area contributed by atoms with Gasteiger partial charge in [0.25, 0.3) is 0 Å². The normalized spacial score (nSPS) is 24.2. The van der Waals surface area contributed by atoms with Crippen LogP contribution < -0.4 is 5.32 Å². The van der Waals surface area contributed by atoms with Gasteiger partial charge in [-0.05, 0) is 67.2 Å². The molecule has 0 aromatic heterocycles. The van der Waals surface area contributed by atoms with Crippen LogP contribution in [0.15, 0.2) is 24.3 Å². The summed E-state index contributed by atoms with van der Waals surface area (Å²) in [6.45, 7) is 8.23. The van der Waals surface area contributed by atoms with Crippen molar-refractivity contribution in [1.82, 2.24) is 0 Å². The zero-order valence-electron chi connectivity index (χ0n) is 12.4. The summed E-state index contributed by atoms with van der Waals surface area (Å²) in [7, 11) is 0. The van der Waals surface area contributed by atoms with E-state index in [4.69, 9.17) is 11.6 Å². The third-order valence-electron chi connectivity index (χ3n) is 4.51. The molecule has 2 rings (SSSR count). The molecule has 106 valence electrons. The van der Waals surface area contributed by atoms with Crippen LogP contribution in [0.4, 0.5) is 5.69 Å². The lowest BCUT2D eigenvalue weighted by Crippen LogP contribution is -2.28. The topological polar surface area (TPSA) is 12.0 Å². The number of nitrogens with one attached hydrogen (secondary N) is 1. The number of benzene rings is 1. The second-order valence-electron chi connectivity index (χ2n) is 6.97. The minimum Gasteiger partial charge on any atom is -0.385 e. The second-order valence-corrected chi connectivity index (χ2v) is 7.41. The van der Waals surface area contributed by atoms with Crippen LogP contribution in [-0.2, 0) is 0 Å². The second kappa shape index (κ2) is 6.17. The molecule has 1 aliphatic rings. The number of hydrogen-bond donors (Lipinski definition) is 1. The molecule has 0 atom stereocenters. The molecule has 0 amide bonds. The molecule has 0 saturated heterocycles. The molecule has 0 unspecified atom stereocenters. The van der Waals surface area contributed by atoms with E-state index in [1.54, 1.807) is 0 Å². The van der Waals surface area contributed by atoms with E-state index in [1.807, 2.05) is 12.1 Å². The fourth-order valence-electron chi connectivity index (χ4n) is 3.06. The molecule has 1 nitrogen and oxygen atoms in total. The molecule has 1 N–H and O–H groups in total. The maximum Gasteiger partial charge on any atom is 0.0407 e. The molecule has 19 heavy (non-hydrogen) atoms. The van der Waals surface area contributed by atoms with Gasteiger partial charge in [-0.1, -0.05) is 32.4 Å². The first-order valence-corrected chi connectivity index (χ1v) is 7.82. The van der Waals surface area contributed by atoms with Gasteiger partial charge in [0, 0.05) is 17.3 Å². The minimum absolute atomic E-state index is 0.481. The first-order chi connectivity index (χ1) is 8.95. The maximum absolute atomic E-state index is 5.89. The van der Waals surface area contributed by atoms with Crippen LogP contribution in [0.1, 0.15) is 46.5 Å². The summed E-state index contributed by atoms with van der Waals surface area (Å²) < 4.78 is 0. The highest BCUT2D eigenvalue weighted by Crippen LogP contribution is 2.39. The van der Waals surface area contributed by atoms with E-state index in [2.05, 4.69) is 38.2 Å². The number of anilines is 1. The molecular weight excluding hydrogens is 254 g/mol. The number of hydrogen-bond acceptors (Lipinski definition) is 1. The average molecular weight is 280 g/mol. The highest BCUT2D eigenvalue weighted by Gasteiger charge is 2.29. The molecule has 0 radical (unpaired) electrons. The monoisotopic (exact) mass is 279 g/mol. The molecule has 1 aliphatic carbocycles. The molecule has 1 fully saturated rings. The summed E-state index contributed by atoms with van der Waals surface area (Å²) in [6, 6.07) is 8.01. The lowest BCUT2D eigenvalue weighted by molar-refractivity contribution is 0.153. The van der Waals surface area contributed by atoms with Crippen LogP contribution in [-0.4, -0.2) is 6.54 Å². The lowest BCUT2D eigenvalue weighted by Gasteiger charge is -2.37. The predicted octanol–water partition coefficient (Wildman–Crippen LogP) is 5.60. The number of rotatable bonds is 3. The largest absolute Gasteiger partial charge is 0.385 e. The molecular formula is C17H26ClN. The van der Waals surface area contributed by atoms with Gasteiger partial charge in [0.2, 0.25) is 0 Å². The van der Waals surface area contributed by atoms with Crippen LogP contribution in [0.5, 0.6) is 0 Å². The van der Waals surface area contributed by atoms with Crippen LogP contribution >= 0.6 is 11.6 Å². The molecule has 2 heteroatoms. The third kappa shape index (κ3) is 4.42. The Morgan fingerprint density at radius 1 is 1.05 bits per heavy atom. The standard InChI is InChI=1S/C17H26ClN/c1-17(2,3)14-6-4-13(5-7-14)12-19-16-10-8-15(18)9-11-16/h8-11,13-14,19H,4-7,12H2,1-3H3. The van der Waals surface area contributed by atoms with Crippen molar-refractivity contribution in [2.24, 2.45) is 17.3 Å². The van der Waals surface area contributed by atoms with Crippen molar-refractivity contribution < 1.29 is 0 Å². The fraction of sp³-hybridized carbons (Fsp3) is 0.647. The van der Waals surface area contributed by atoms with E-state index in [0.717, 1.165) is 23.4 Å². The van der Waals surface area contributed by atoms with E-state index < -0.39 is 0 Å². The van der Waals surface area contributed by atoms with Gasteiger partial charge >= 0.3 is 0 Å². The van der Waals surface area contributed by atoms with Gasteiger partial charge in [-0.3, -0.25) is 0 Å². The van der Waals surface area contributed by atoms with Crippen LogP contribution in [0.3, 0.4) is 0 Å². The zero-order valence-corrected chi connectivity index (χ0v) is 13.1. The molecule has 0 heterocycles. The van der Waals surface area contributed by atoms with Crippen molar-refractivity contribution in [2.75, 3.05) is 11.9 Å². The van der Waals surface area contributed by atoms with Crippen molar-refractivity contribution >= 4 is 17.3 Å². The fourth-order valence-corrected chi connectivity index (χ4v) is 3.19. The predicted molar refractivity (Wildman–Crippen MR) is 84.8 cm³/mol.